The minimum atomic E-state index is -3.98. The molecule has 0 atom stereocenters. The maximum atomic E-state index is 13.6. The van der Waals surface area contributed by atoms with Crippen LogP contribution in [0.25, 0.3) is 0 Å². The lowest BCUT2D eigenvalue weighted by molar-refractivity contribution is 0.0938. The number of nitrogens with zero attached hydrogens (tertiary/aromatic N) is 6. The van der Waals surface area contributed by atoms with Crippen molar-refractivity contribution in [3.63, 3.8) is 0 Å². The average molecular weight is 491 g/mol. The second kappa shape index (κ2) is 9.28. The van der Waals surface area contributed by atoms with Gasteiger partial charge in [-0.2, -0.15) is 14.5 Å². The van der Waals surface area contributed by atoms with Crippen LogP contribution in [-0.4, -0.2) is 64.4 Å². The highest BCUT2D eigenvalue weighted by Gasteiger charge is 2.35. The largest absolute Gasteiger partial charge is 0.369 e. The monoisotopic (exact) mass is 490 g/mol. The van der Waals surface area contributed by atoms with E-state index in [4.69, 9.17) is 11.6 Å². The highest BCUT2D eigenvalue weighted by atomic mass is 35.5. The summed E-state index contributed by atoms with van der Waals surface area (Å²) in [6, 6.07) is 9.27. The highest BCUT2D eigenvalue weighted by Crippen LogP contribution is 2.25. The first-order valence-electron chi connectivity index (χ1n) is 10.9. The first-order valence-corrected chi connectivity index (χ1v) is 12.7. The van der Waals surface area contributed by atoms with Crippen LogP contribution in [0.15, 0.2) is 41.6 Å². The maximum absolute atomic E-state index is 13.6. The summed E-state index contributed by atoms with van der Waals surface area (Å²) < 4.78 is 31.3. The summed E-state index contributed by atoms with van der Waals surface area (Å²) in [4.78, 5) is 15.4. The van der Waals surface area contributed by atoms with Gasteiger partial charge in [0.15, 0.2) is 0 Å². The number of benzene rings is 1. The van der Waals surface area contributed by atoms with E-state index in [1.165, 1.54) is 19.9 Å². The van der Waals surface area contributed by atoms with Crippen LogP contribution in [0, 0.1) is 13.8 Å². The molecule has 0 aliphatic carbocycles. The molecule has 0 saturated carbocycles. The number of carbonyl (C=O) groups is 1. The zero-order chi connectivity index (χ0) is 23.8. The molecule has 1 fully saturated rings. The molecule has 1 saturated heterocycles. The predicted molar refractivity (Wildman–Crippen MR) is 126 cm³/mol. The number of carbonyl (C=O) groups excluding carboxylic acids is 1. The van der Waals surface area contributed by atoms with Crippen LogP contribution in [-0.2, 0) is 16.6 Å². The number of aromatic nitrogens is 4. The van der Waals surface area contributed by atoms with Gasteiger partial charge in [0.25, 0.3) is 15.9 Å². The van der Waals surface area contributed by atoms with E-state index in [0.717, 1.165) is 12.1 Å². The van der Waals surface area contributed by atoms with Crippen LogP contribution in [0.3, 0.4) is 0 Å². The molecule has 0 N–H and O–H groups in total. The Morgan fingerprint density at radius 2 is 1.82 bits per heavy atom. The first-order chi connectivity index (χ1) is 15.7. The van der Waals surface area contributed by atoms with E-state index in [0.29, 0.717) is 36.0 Å². The molecule has 4 rings (SSSR count). The summed E-state index contributed by atoms with van der Waals surface area (Å²) in [5.41, 5.74) is 2.31. The van der Waals surface area contributed by atoms with Crippen LogP contribution in [0.2, 0.25) is 5.02 Å². The molecule has 176 valence electrons. The fourth-order valence-electron chi connectivity index (χ4n) is 4.01. The fraction of sp³-hybridized carbons (Fsp3) is 0.409. The summed E-state index contributed by atoms with van der Waals surface area (Å²) in [6.45, 7) is 7.60. The smallest absolute Gasteiger partial charge is 0.283 e. The molecule has 2 aromatic heterocycles. The van der Waals surface area contributed by atoms with Crippen molar-refractivity contribution < 1.29 is 13.2 Å². The molecule has 33 heavy (non-hydrogen) atoms. The first kappa shape index (κ1) is 23.5. The van der Waals surface area contributed by atoms with Crippen molar-refractivity contribution >= 4 is 33.2 Å². The number of anilines is 1. The van der Waals surface area contributed by atoms with Gasteiger partial charge in [0, 0.05) is 55.3 Å². The Balaban J connectivity index is 1.62. The molecule has 1 aliphatic heterocycles. The van der Waals surface area contributed by atoms with Crippen molar-refractivity contribution in [2.45, 2.75) is 38.8 Å². The van der Waals surface area contributed by atoms with Gasteiger partial charge in [0.05, 0.1) is 5.69 Å². The molecular weight excluding hydrogens is 464 g/mol. The average Bonchev–Trinajstić information content (AvgIpc) is 3.37. The number of hydrogen-bond donors (Lipinski definition) is 0. The number of sulfonamides is 1. The highest BCUT2D eigenvalue weighted by molar-refractivity contribution is 7.89. The molecule has 0 amide bonds. The maximum Gasteiger partial charge on any atom is 0.283 e. The number of rotatable bonds is 6. The normalized spacial score (nSPS) is 15.2. The minimum Gasteiger partial charge on any atom is -0.369 e. The molecule has 3 aromatic rings. The Morgan fingerprint density at radius 1 is 1.09 bits per heavy atom. The van der Waals surface area contributed by atoms with Crippen LogP contribution in [0.5, 0.6) is 0 Å². The summed E-state index contributed by atoms with van der Waals surface area (Å²) in [5, 5.41) is 8.96. The van der Waals surface area contributed by atoms with Gasteiger partial charge in [0.1, 0.15) is 5.56 Å². The van der Waals surface area contributed by atoms with Gasteiger partial charge in [-0.3, -0.25) is 9.48 Å². The fourth-order valence-corrected chi connectivity index (χ4v) is 5.71. The van der Waals surface area contributed by atoms with Crippen molar-refractivity contribution in [3.8, 4) is 0 Å². The molecular formula is C22H27ClN6O3S. The van der Waals surface area contributed by atoms with E-state index in [9.17, 15) is 13.2 Å². The van der Waals surface area contributed by atoms with Crippen molar-refractivity contribution in [3.05, 3.63) is 58.5 Å². The molecule has 1 aliphatic rings. The summed E-state index contributed by atoms with van der Waals surface area (Å²) in [5.74, 6) is -0.501. The Morgan fingerprint density at radius 3 is 2.42 bits per heavy atom. The number of piperazine rings is 1. The van der Waals surface area contributed by atoms with Crippen molar-refractivity contribution in [1.29, 1.82) is 0 Å². The zero-order valence-electron chi connectivity index (χ0n) is 18.9. The molecule has 11 heteroatoms. The van der Waals surface area contributed by atoms with Gasteiger partial charge < -0.3 is 4.90 Å². The van der Waals surface area contributed by atoms with Gasteiger partial charge >= 0.3 is 0 Å². The topological polar surface area (TPSA) is 93.3 Å². The molecule has 3 heterocycles. The van der Waals surface area contributed by atoms with Gasteiger partial charge in [-0.15, -0.1) is 0 Å². The molecule has 9 nitrogen and oxygen atoms in total. The third-order valence-electron chi connectivity index (χ3n) is 5.61. The standard InChI is InChI=1S/C22H27ClN6O3S/c1-4-8-27-15-20(22(30)29-17(3)13-16(2)24-29)21(25-27)33(31,32)28-11-9-26(10-12-28)19-7-5-6-18(23)14-19/h5-7,13-15H,4,8-12H2,1-3H3. The molecule has 0 spiro atoms. The Labute approximate surface area is 198 Å². The second-order valence-electron chi connectivity index (χ2n) is 8.13. The zero-order valence-corrected chi connectivity index (χ0v) is 20.5. The van der Waals surface area contributed by atoms with E-state index >= 15 is 0 Å². The van der Waals surface area contributed by atoms with Gasteiger partial charge in [-0.1, -0.05) is 24.6 Å². The van der Waals surface area contributed by atoms with E-state index in [2.05, 4.69) is 15.1 Å². The number of halogens is 1. The van der Waals surface area contributed by atoms with Gasteiger partial charge in [-0.05, 0) is 44.5 Å². The van der Waals surface area contributed by atoms with Crippen LogP contribution in [0.4, 0.5) is 5.69 Å². The minimum absolute atomic E-state index is 0.0342. The Kier molecular flexibility index (Phi) is 6.60. The Bertz CT molecular complexity index is 1280. The van der Waals surface area contributed by atoms with Crippen LogP contribution in [0.1, 0.15) is 35.1 Å². The van der Waals surface area contributed by atoms with E-state index in [1.807, 2.05) is 25.1 Å². The van der Waals surface area contributed by atoms with E-state index in [1.54, 1.807) is 26.0 Å². The SMILES string of the molecule is CCCn1cc(C(=O)n2nc(C)cc2C)c(S(=O)(=O)N2CCN(c3cccc(Cl)c3)CC2)n1. The van der Waals surface area contributed by atoms with E-state index in [-0.39, 0.29) is 23.7 Å². The molecule has 0 bridgehead atoms. The molecule has 1 aromatic carbocycles. The second-order valence-corrected chi connectivity index (χ2v) is 10.4. The predicted octanol–water partition coefficient (Wildman–Crippen LogP) is 2.96. The lowest BCUT2D eigenvalue weighted by Gasteiger charge is -2.35. The molecule has 0 unspecified atom stereocenters. The van der Waals surface area contributed by atoms with Gasteiger partial charge in [0.2, 0.25) is 5.03 Å². The summed E-state index contributed by atoms with van der Waals surface area (Å²) in [6.07, 6.45) is 2.27. The van der Waals surface area contributed by atoms with Crippen LogP contribution < -0.4 is 4.90 Å². The van der Waals surface area contributed by atoms with Crippen molar-refractivity contribution in [2.24, 2.45) is 0 Å². The number of hydrogen-bond acceptors (Lipinski definition) is 6. The van der Waals surface area contributed by atoms with Crippen LogP contribution >= 0.6 is 11.6 Å². The summed E-state index contributed by atoms with van der Waals surface area (Å²) >= 11 is 6.10. The quantitative estimate of drug-likeness (QED) is 0.527. The molecule has 0 radical (unpaired) electrons. The number of aryl methyl sites for hydroxylation is 3. The third kappa shape index (κ3) is 4.68. The summed E-state index contributed by atoms with van der Waals surface area (Å²) in [7, 11) is -3.98. The lowest BCUT2D eigenvalue weighted by Crippen LogP contribution is -2.49. The van der Waals surface area contributed by atoms with E-state index < -0.39 is 15.9 Å². The lowest BCUT2D eigenvalue weighted by atomic mass is 10.2. The third-order valence-corrected chi connectivity index (χ3v) is 7.68. The van der Waals surface area contributed by atoms with Crippen molar-refractivity contribution in [2.75, 3.05) is 31.1 Å². The van der Waals surface area contributed by atoms with Crippen molar-refractivity contribution in [1.82, 2.24) is 23.9 Å². The Hall–Kier alpha value is -2.69. The van der Waals surface area contributed by atoms with Gasteiger partial charge in [-0.25, -0.2) is 13.1 Å².